The van der Waals surface area contributed by atoms with E-state index in [1.54, 1.807) is 0 Å². The minimum absolute atomic E-state index is 0.0911. The number of piperidine rings is 1. The maximum atomic E-state index is 12.3. The molecule has 1 heterocycles. The molecule has 0 radical (unpaired) electrons. The van der Waals surface area contributed by atoms with Crippen molar-refractivity contribution < 1.29 is 8.49 Å². The molecule has 1 aliphatic heterocycles. The SMILES string of the molecule is CC1(C)CCCC(C)(C)N1OS(=O)c1ccccc1. The molecule has 1 aliphatic rings. The van der Waals surface area contributed by atoms with E-state index in [1.165, 1.54) is 6.42 Å². The summed E-state index contributed by atoms with van der Waals surface area (Å²) in [7, 11) is 0. The molecule has 1 atom stereocenters. The predicted molar refractivity (Wildman–Crippen MR) is 77.8 cm³/mol. The summed E-state index contributed by atoms with van der Waals surface area (Å²) in [6.45, 7) is 8.60. The summed E-state index contributed by atoms with van der Waals surface area (Å²) in [5, 5.41) is 1.94. The van der Waals surface area contributed by atoms with Crippen LogP contribution in [0.2, 0.25) is 0 Å². The van der Waals surface area contributed by atoms with Gasteiger partial charge in [0.1, 0.15) is 0 Å². The molecule has 1 unspecified atom stereocenters. The van der Waals surface area contributed by atoms with Crippen LogP contribution >= 0.6 is 0 Å². The molecule has 2 rings (SSSR count). The molecule has 1 aromatic carbocycles. The first-order valence-corrected chi connectivity index (χ1v) is 7.86. The van der Waals surface area contributed by atoms with Crippen molar-refractivity contribution in [2.45, 2.75) is 62.9 Å². The third-order valence-corrected chi connectivity index (χ3v) is 4.70. The number of nitrogens with zero attached hydrogens (tertiary/aromatic N) is 1. The minimum Gasteiger partial charge on any atom is -0.223 e. The van der Waals surface area contributed by atoms with Gasteiger partial charge in [-0.05, 0) is 59.1 Å². The molecule has 1 aromatic rings. The standard InChI is InChI=1S/C15H23NO2S/c1-14(2)11-8-12-15(3,4)16(14)18-19(17)13-9-6-5-7-10-13/h5-7,9-10H,8,11-12H2,1-4H3. The molecular formula is C15H23NO2S. The summed E-state index contributed by atoms with van der Waals surface area (Å²) in [6.07, 6.45) is 3.29. The fourth-order valence-corrected chi connectivity index (χ4v) is 3.82. The lowest BCUT2D eigenvalue weighted by Gasteiger charge is -2.50. The summed E-state index contributed by atoms with van der Waals surface area (Å²) < 4.78 is 18.1. The van der Waals surface area contributed by atoms with Crippen LogP contribution in [-0.4, -0.2) is 20.3 Å². The van der Waals surface area contributed by atoms with Gasteiger partial charge in [0.2, 0.25) is 11.1 Å². The second-order valence-corrected chi connectivity index (χ2v) is 7.48. The zero-order valence-electron chi connectivity index (χ0n) is 12.2. The van der Waals surface area contributed by atoms with E-state index < -0.39 is 11.1 Å². The van der Waals surface area contributed by atoms with Crippen LogP contribution in [-0.2, 0) is 15.4 Å². The summed E-state index contributed by atoms with van der Waals surface area (Å²) in [6, 6.07) is 9.34. The average molecular weight is 281 g/mol. The Bertz CT molecular complexity index is 440. The van der Waals surface area contributed by atoms with Gasteiger partial charge in [-0.1, -0.05) is 18.2 Å². The fourth-order valence-electron chi connectivity index (χ4n) is 2.82. The molecule has 1 fully saturated rings. The van der Waals surface area contributed by atoms with Gasteiger partial charge in [-0.2, -0.15) is 9.35 Å². The first-order chi connectivity index (χ1) is 8.83. The van der Waals surface area contributed by atoms with E-state index in [0.29, 0.717) is 4.90 Å². The van der Waals surface area contributed by atoms with Crippen LogP contribution in [0.5, 0.6) is 0 Å². The van der Waals surface area contributed by atoms with Crippen LogP contribution in [0, 0.1) is 0 Å². The van der Waals surface area contributed by atoms with Crippen LogP contribution in [0.3, 0.4) is 0 Å². The van der Waals surface area contributed by atoms with Gasteiger partial charge >= 0.3 is 0 Å². The normalized spacial score (nSPS) is 24.0. The molecule has 0 aromatic heterocycles. The highest BCUT2D eigenvalue weighted by molar-refractivity contribution is 7.80. The Labute approximate surface area is 118 Å². The number of hydrogen-bond donors (Lipinski definition) is 0. The largest absolute Gasteiger partial charge is 0.223 e. The van der Waals surface area contributed by atoms with Gasteiger partial charge in [-0.15, -0.1) is 0 Å². The number of hydrogen-bond acceptors (Lipinski definition) is 3. The lowest BCUT2D eigenvalue weighted by molar-refractivity contribution is -0.210. The number of rotatable bonds is 3. The van der Waals surface area contributed by atoms with Crippen LogP contribution in [0.1, 0.15) is 47.0 Å². The Morgan fingerprint density at radius 1 is 1.05 bits per heavy atom. The molecule has 106 valence electrons. The Hall–Kier alpha value is -0.710. The maximum Gasteiger partial charge on any atom is 0.206 e. The quantitative estimate of drug-likeness (QED) is 0.846. The van der Waals surface area contributed by atoms with Gasteiger partial charge in [0, 0.05) is 11.1 Å². The second-order valence-electron chi connectivity index (χ2n) is 6.40. The predicted octanol–water partition coefficient (Wildman–Crippen LogP) is 3.68. The second kappa shape index (κ2) is 5.35. The van der Waals surface area contributed by atoms with Crippen molar-refractivity contribution in [1.29, 1.82) is 0 Å². The molecule has 1 saturated heterocycles. The van der Waals surface area contributed by atoms with Gasteiger partial charge < -0.3 is 0 Å². The molecule has 0 bridgehead atoms. The van der Waals surface area contributed by atoms with Crippen LogP contribution in [0.4, 0.5) is 0 Å². The lowest BCUT2D eigenvalue weighted by atomic mass is 9.82. The van der Waals surface area contributed by atoms with Crippen LogP contribution in [0.25, 0.3) is 0 Å². The van der Waals surface area contributed by atoms with Gasteiger partial charge in [-0.25, -0.2) is 4.21 Å². The highest BCUT2D eigenvalue weighted by atomic mass is 32.2. The van der Waals surface area contributed by atoms with E-state index >= 15 is 0 Å². The smallest absolute Gasteiger partial charge is 0.206 e. The van der Waals surface area contributed by atoms with E-state index in [4.69, 9.17) is 4.28 Å². The number of hydroxylamine groups is 2. The van der Waals surface area contributed by atoms with Crippen molar-refractivity contribution in [2.24, 2.45) is 0 Å². The Kier molecular flexibility index (Phi) is 4.14. The van der Waals surface area contributed by atoms with Crippen LogP contribution < -0.4 is 0 Å². The minimum atomic E-state index is -1.45. The summed E-state index contributed by atoms with van der Waals surface area (Å²) >= 11 is -1.45. The van der Waals surface area contributed by atoms with Crippen molar-refractivity contribution in [1.82, 2.24) is 5.06 Å². The molecule has 0 spiro atoms. The molecule has 0 amide bonds. The van der Waals surface area contributed by atoms with E-state index in [2.05, 4.69) is 27.7 Å². The van der Waals surface area contributed by atoms with Crippen molar-refractivity contribution in [3.05, 3.63) is 30.3 Å². The van der Waals surface area contributed by atoms with Gasteiger partial charge in [-0.3, -0.25) is 0 Å². The average Bonchev–Trinajstić information content (AvgIpc) is 2.34. The fraction of sp³-hybridized carbons (Fsp3) is 0.600. The van der Waals surface area contributed by atoms with E-state index in [9.17, 15) is 4.21 Å². The van der Waals surface area contributed by atoms with Gasteiger partial charge in [0.25, 0.3) is 0 Å². The Balaban J connectivity index is 2.18. The molecule has 0 aliphatic carbocycles. The molecule has 0 saturated carbocycles. The third kappa shape index (κ3) is 3.25. The molecule has 4 heteroatoms. The zero-order chi connectivity index (χ0) is 14.1. The van der Waals surface area contributed by atoms with Crippen molar-refractivity contribution >= 4 is 11.1 Å². The van der Waals surface area contributed by atoms with Crippen LogP contribution in [0.15, 0.2) is 35.2 Å². The molecule has 0 N–H and O–H groups in total. The first kappa shape index (κ1) is 14.7. The topological polar surface area (TPSA) is 29.5 Å². The van der Waals surface area contributed by atoms with Crippen molar-refractivity contribution in [3.8, 4) is 0 Å². The van der Waals surface area contributed by atoms with Crippen molar-refractivity contribution in [2.75, 3.05) is 0 Å². The van der Waals surface area contributed by atoms with Gasteiger partial charge in [0.05, 0.1) is 4.90 Å². The number of benzene rings is 1. The highest BCUT2D eigenvalue weighted by Gasteiger charge is 2.43. The molecule has 19 heavy (non-hydrogen) atoms. The molecular weight excluding hydrogens is 258 g/mol. The van der Waals surface area contributed by atoms with E-state index in [0.717, 1.165) is 12.8 Å². The first-order valence-electron chi connectivity index (χ1n) is 6.79. The maximum absolute atomic E-state index is 12.3. The lowest BCUT2D eigenvalue weighted by Crippen LogP contribution is -2.58. The summed E-state index contributed by atoms with van der Waals surface area (Å²) in [4.78, 5) is 0.708. The van der Waals surface area contributed by atoms with E-state index in [1.807, 2.05) is 35.4 Å². The highest BCUT2D eigenvalue weighted by Crippen LogP contribution is 2.39. The summed E-state index contributed by atoms with van der Waals surface area (Å²) in [5.74, 6) is 0. The monoisotopic (exact) mass is 281 g/mol. The van der Waals surface area contributed by atoms with Gasteiger partial charge in [0.15, 0.2) is 0 Å². The third-order valence-electron chi connectivity index (χ3n) is 3.75. The Morgan fingerprint density at radius 3 is 2.11 bits per heavy atom. The summed E-state index contributed by atoms with van der Waals surface area (Å²) in [5.41, 5.74) is -0.182. The van der Waals surface area contributed by atoms with Crippen molar-refractivity contribution in [3.63, 3.8) is 0 Å². The Morgan fingerprint density at radius 2 is 1.58 bits per heavy atom. The zero-order valence-corrected chi connectivity index (χ0v) is 13.0. The molecule has 3 nitrogen and oxygen atoms in total. The van der Waals surface area contributed by atoms with E-state index in [-0.39, 0.29) is 11.1 Å².